The van der Waals surface area contributed by atoms with Gasteiger partial charge >= 0.3 is 5.97 Å². The van der Waals surface area contributed by atoms with Crippen molar-refractivity contribution in [3.63, 3.8) is 0 Å². The summed E-state index contributed by atoms with van der Waals surface area (Å²) in [5.41, 5.74) is 2.13. The average molecular weight is 425 g/mol. The third kappa shape index (κ3) is 4.66. The van der Waals surface area contributed by atoms with Crippen molar-refractivity contribution in [3.8, 4) is 0 Å². The fourth-order valence-electron chi connectivity index (χ4n) is 4.17. The van der Waals surface area contributed by atoms with Crippen LogP contribution in [-0.4, -0.2) is 62.4 Å². The molecule has 0 bridgehead atoms. The summed E-state index contributed by atoms with van der Waals surface area (Å²) in [6.07, 6.45) is 1.31. The normalized spacial score (nSPS) is 26.7. The summed E-state index contributed by atoms with van der Waals surface area (Å²) in [5, 5.41) is 0.928. The maximum absolute atomic E-state index is 13.5. The van der Waals surface area contributed by atoms with Crippen LogP contribution in [-0.2, 0) is 24.4 Å². The van der Waals surface area contributed by atoms with Crippen molar-refractivity contribution in [1.82, 2.24) is 9.37 Å². The van der Waals surface area contributed by atoms with Crippen LogP contribution in [0.4, 0.5) is 0 Å². The number of esters is 1. The molecule has 2 fully saturated rings. The van der Waals surface area contributed by atoms with Crippen LogP contribution in [0.3, 0.4) is 0 Å². The van der Waals surface area contributed by atoms with Crippen LogP contribution in [0.15, 0.2) is 24.3 Å². The Balaban J connectivity index is 1.82. The molecule has 162 valence electrons. The summed E-state index contributed by atoms with van der Waals surface area (Å²) in [5.74, 6) is -0.301. The third-order valence-corrected chi connectivity index (χ3v) is 8.09. The van der Waals surface area contributed by atoms with Crippen molar-refractivity contribution in [2.45, 2.75) is 50.8 Å². The highest BCUT2D eigenvalue weighted by Gasteiger charge is 2.47. The zero-order chi connectivity index (χ0) is 21.2. The van der Waals surface area contributed by atoms with Gasteiger partial charge in [-0.25, -0.2) is 12.7 Å². The zero-order valence-electron chi connectivity index (χ0n) is 17.7. The Hall–Kier alpha value is -1.48. The quantitative estimate of drug-likeness (QED) is 0.654. The first kappa shape index (κ1) is 22.2. The minimum absolute atomic E-state index is 0.107. The van der Waals surface area contributed by atoms with E-state index in [2.05, 4.69) is 13.8 Å². The Morgan fingerprint density at radius 2 is 1.97 bits per heavy atom. The second-order valence-electron chi connectivity index (χ2n) is 8.14. The van der Waals surface area contributed by atoms with Gasteiger partial charge in [-0.05, 0) is 36.8 Å². The fourth-order valence-corrected chi connectivity index (χ4v) is 6.21. The first-order chi connectivity index (χ1) is 13.8. The van der Waals surface area contributed by atoms with Crippen LogP contribution < -0.4 is 0 Å². The number of benzene rings is 1. The highest BCUT2D eigenvalue weighted by molar-refractivity contribution is 7.89. The van der Waals surface area contributed by atoms with Crippen LogP contribution >= 0.6 is 0 Å². The number of nitrogens with zero attached hydrogens (tertiary/aromatic N) is 2. The van der Waals surface area contributed by atoms with Gasteiger partial charge in [0.2, 0.25) is 10.0 Å². The van der Waals surface area contributed by atoms with E-state index in [1.165, 1.54) is 9.87 Å². The van der Waals surface area contributed by atoms with E-state index in [1.54, 1.807) is 19.0 Å². The van der Waals surface area contributed by atoms with Crippen molar-refractivity contribution in [1.29, 1.82) is 0 Å². The maximum atomic E-state index is 13.5. The first-order valence-electron chi connectivity index (χ1n) is 10.4. The molecule has 8 heteroatoms. The summed E-state index contributed by atoms with van der Waals surface area (Å²) >= 11 is 0. The van der Waals surface area contributed by atoms with Gasteiger partial charge in [-0.1, -0.05) is 38.1 Å². The molecule has 0 saturated carbocycles. The summed E-state index contributed by atoms with van der Waals surface area (Å²) in [6, 6.07) is 7.70. The largest absolute Gasteiger partial charge is 0.466 e. The van der Waals surface area contributed by atoms with Crippen molar-refractivity contribution in [3.05, 3.63) is 35.4 Å². The van der Waals surface area contributed by atoms with E-state index >= 15 is 0 Å². The van der Waals surface area contributed by atoms with E-state index in [9.17, 15) is 13.2 Å². The molecular formula is C21H32N2O5S. The van der Waals surface area contributed by atoms with Crippen LogP contribution in [0, 0.1) is 5.92 Å². The van der Waals surface area contributed by atoms with Gasteiger partial charge in [0, 0.05) is 20.1 Å². The average Bonchev–Trinajstić information content (AvgIpc) is 3.10. The molecule has 0 spiro atoms. The molecule has 2 saturated heterocycles. The Labute approximate surface area is 174 Å². The molecular weight excluding hydrogens is 392 g/mol. The van der Waals surface area contributed by atoms with Gasteiger partial charge < -0.3 is 4.74 Å². The highest BCUT2D eigenvalue weighted by Crippen LogP contribution is 2.36. The van der Waals surface area contributed by atoms with E-state index in [4.69, 9.17) is 9.57 Å². The molecule has 0 amide bonds. The topological polar surface area (TPSA) is 76.1 Å². The van der Waals surface area contributed by atoms with E-state index in [-0.39, 0.29) is 25.2 Å². The zero-order valence-corrected chi connectivity index (χ0v) is 18.5. The molecule has 1 aromatic carbocycles. The van der Waals surface area contributed by atoms with Crippen LogP contribution in [0.2, 0.25) is 0 Å². The van der Waals surface area contributed by atoms with Gasteiger partial charge in [0.05, 0.1) is 25.2 Å². The van der Waals surface area contributed by atoms with Crippen LogP contribution in [0.25, 0.3) is 0 Å². The van der Waals surface area contributed by atoms with Gasteiger partial charge in [0.1, 0.15) is 5.25 Å². The lowest BCUT2D eigenvalue weighted by Gasteiger charge is -2.34. The molecule has 3 rings (SSSR count). The number of hydrogen-bond acceptors (Lipinski definition) is 6. The Bertz CT molecular complexity index is 809. The van der Waals surface area contributed by atoms with Crippen molar-refractivity contribution < 1.29 is 22.8 Å². The molecule has 29 heavy (non-hydrogen) atoms. The summed E-state index contributed by atoms with van der Waals surface area (Å²) < 4.78 is 33.5. The molecule has 3 atom stereocenters. The maximum Gasteiger partial charge on any atom is 0.310 e. The molecule has 0 N–H and O–H groups in total. The van der Waals surface area contributed by atoms with Crippen LogP contribution in [0.5, 0.6) is 0 Å². The van der Waals surface area contributed by atoms with Crippen LogP contribution in [0.1, 0.15) is 56.7 Å². The summed E-state index contributed by atoms with van der Waals surface area (Å²) in [6.45, 7) is 7.04. The first-order valence-corrected chi connectivity index (χ1v) is 11.9. The minimum Gasteiger partial charge on any atom is -0.466 e. The van der Waals surface area contributed by atoms with Crippen molar-refractivity contribution >= 4 is 16.0 Å². The predicted octanol–water partition coefficient (Wildman–Crippen LogP) is 2.70. The number of sulfonamides is 1. The smallest absolute Gasteiger partial charge is 0.310 e. The predicted molar refractivity (Wildman–Crippen MR) is 111 cm³/mol. The third-order valence-electron chi connectivity index (χ3n) is 5.88. The molecule has 0 unspecified atom stereocenters. The molecule has 0 radical (unpaired) electrons. The fraction of sp³-hybridized carbons (Fsp3) is 0.667. The number of rotatable bonds is 6. The van der Waals surface area contributed by atoms with Crippen molar-refractivity contribution in [2.75, 3.05) is 33.4 Å². The lowest BCUT2D eigenvalue weighted by Crippen LogP contribution is -2.48. The van der Waals surface area contributed by atoms with E-state index < -0.39 is 21.2 Å². The van der Waals surface area contributed by atoms with E-state index in [1.807, 2.05) is 24.3 Å². The number of hydrogen-bond donors (Lipinski definition) is 0. The lowest BCUT2D eigenvalue weighted by molar-refractivity contribution is -0.149. The monoisotopic (exact) mass is 424 g/mol. The highest BCUT2D eigenvalue weighted by atomic mass is 32.2. The number of hydroxylamine groups is 2. The standard InChI is InChI=1S/C21H32N2O5S/c1-5-27-21(24)18-7-6-12-23(13-18)29(25,26)19-14-28-22(4)20(19)17-10-8-16(9-11-17)15(2)3/h8-11,15,18-20H,5-7,12-14H2,1-4H3/t18-,19+,20-/m1/s1. The van der Waals surface area contributed by atoms with Gasteiger partial charge in [0.15, 0.2) is 0 Å². The second-order valence-corrected chi connectivity index (χ2v) is 10.3. The second kappa shape index (κ2) is 9.12. The number of ether oxygens (including phenoxy) is 1. The summed E-state index contributed by atoms with van der Waals surface area (Å²) in [7, 11) is -1.87. The number of carbonyl (C=O) groups is 1. The summed E-state index contributed by atoms with van der Waals surface area (Å²) in [4.78, 5) is 17.8. The SMILES string of the molecule is CCOC(=O)[C@@H]1CCCN(S(=O)(=O)[C@H]2CON(C)[C@@H]2c2ccc(C(C)C)cc2)C1. The van der Waals surface area contributed by atoms with E-state index in [0.717, 1.165) is 5.56 Å². The molecule has 0 aliphatic carbocycles. The Morgan fingerprint density at radius 3 is 2.59 bits per heavy atom. The van der Waals surface area contributed by atoms with E-state index in [0.29, 0.717) is 31.9 Å². The molecule has 0 aromatic heterocycles. The molecule has 2 heterocycles. The van der Waals surface area contributed by atoms with Gasteiger partial charge in [0.25, 0.3) is 0 Å². The van der Waals surface area contributed by atoms with Crippen molar-refractivity contribution in [2.24, 2.45) is 5.92 Å². The number of piperidine rings is 1. The Kier molecular flexibility index (Phi) is 6.98. The number of carbonyl (C=O) groups excluding carboxylic acids is 1. The molecule has 1 aromatic rings. The lowest BCUT2D eigenvalue weighted by atomic mass is 9.98. The van der Waals surface area contributed by atoms with Gasteiger partial charge in [-0.15, -0.1) is 0 Å². The molecule has 2 aliphatic heterocycles. The Morgan fingerprint density at radius 1 is 1.28 bits per heavy atom. The van der Waals surface area contributed by atoms with Gasteiger partial charge in [-0.2, -0.15) is 5.06 Å². The minimum atomic E-state index is -3.64. The molecule has 2 aliphatic rings. The van der Waals surface area contributed by atoms with Gasteiger partial charge in [-0.3, -0.25) is 9.63 Å². The molecule has 7 nitrogen and oxygen atoms in total.